The SMILES string of the molecule is Cc1cc(C)cc(N(CCC#N)C(=O)COC(=O)Cn2c(C(F)(F)F)nc3ccccc32)c1. The largest absolute Gasteiger partial charge is 0.454 e. The molecule has 1 amide bonds. The van der Waals surface area contributed by atoms with E-state index < -0.39 is 37.0 Å². The van der Waals surface area contributed by atoms with E-state index in [9.17, 15) is 22.8 Å². The van der Waals surface area contributed by atoms with Crippen LogP contribution in [-0.2, 0) is 27.0 Å². The van der Waals surface area contributed by atoms with Crippen molar-refractivity contribution in [2.24, 2.45) is 0 Å². The third kappa shape index (κ3) is 5.68. The number of amides is 1. The summed E-state index contributed by atoms with van der Waals surface area (Å²) < 4.78 is 45.9. The van der Waals surface area contributed by atoms with Crippen LogP contribution in [0, 0.1) is 25.2 Å². The van der Waals surface area contributed by atoms with E-state index in [0.717, 1.165) is 15.7 Å². The molecule has 0 aliphatic rings. The third-order valence-corrected chi connectivity index (χ3v) is 4.82. The van der Waals surface area contributed by atoms with E-state index in [2.05, 4.69) is 4.98 Å². The first kappa shape index (κ1) is 23.8. The lowest BCUT2D eigenvalue weighted by atomic mass is 10.1. The molecule has 0 spiro atoms. The molecule has 0 radical (unpaired) electrons. The maximum atomic E-state index is 13.4. The van der Waals surface area contributed by atoms with Crippen molar-refractivity contribution in [2.75, 3.05) is 18.1 Å². The summed E-state index contributed by atoms with van der Waals surface area (Å²) in [6.07, 6.45) is -4.71. The van der Waals surface area contributed by atoms with Crippen LogP contribution < -0.4 is 4.90 Å². The van der Waals surface area contributed by atoms with E-state index in [4.69, 9.17) is 10.00 Å². The Balaban J connectivity index is 1.76. The van der Waals surface area contributed by atoms with Crippen molar-refractivity contribution in [1.29, 1.82) is 5.26 Å². The molecule has 3 aromatic rings. The molecule has 0 saturated carbocycles. The van der Waals surface area contributed by atoms with Crippen molar-refractivity contribution in [3.05, 3.63) is 59.4 Å². The number of nitrogens with zero attached hydrogens (tertiary/aromatic N) is 4. The van der Waals surface area contributed by atoms with Gasteiger partial charge in [-0.2, -0.15) is 18.4 Å². The zero-order valence-electron chi connectivity index (χ0n) is 18.0. The number of fused-ring (bicyclic) bond motifs is 1. The minimum atomic E-state index is -4.77. The lowest BCUT2D eigenvalue weighted by molar-refractivity contribution is -0.152. The Morgan fingerprint density at radius 3 is 2.45 bits per heavy atom. The minimum absolute atomic E-state index is 0.0582. The van der Waals surface area contributed by atoms with Crippen molar-refractivity contribution < 1.29 is 27.5 Å². The molecule has 3 rings (SSSR count). The molecular formula is C23H21F3N4O3. The van der Waals surface area contributed by atoms with E-state index in [1.165, 1.54) is 23.1 Å². The van der Waals surface area contributed by atoms with Crippen molar-refractivity contribution in [3.8, 4) is 6.07 Å². The summed E-state index contributed by atoms with van der Waals surface area (Å²) in [6.45, 7) is 2.37. The second kappa shape index (κ2) is 9.73. The van der Waals surface area contributed by atoms with Crippen molar-refractivity contribution in [3.63, 3.8) is 0 Å². The second-order valence-electron chi connectivity index (χ2n) is 7.47. The number of imidazole rings is 1. The van der Waals surface area contributed by atoms with Gasteiger partial charge in [0.25, 0.3) is 5.91 Å². The molecule has 33 heavy (non-hydrogen) atoms. The molecule has 1 aromatic heterocycles. The van der Waals surface area contributed by atoms with Crippen LogP contribution in [0.15, 0.2) is 42.5 Å². The van der Waals surface area contributed by atoms with Crippen LogP contribution in [0.25, 0.3) is 11.0 Å². The fourth-order valence-corrected chi connectivity index (χ4v) is 3.51. The summed E-state index contributed by atoms with van der Waals surface area (Å²) in [5.74, 6) is -2.83. The Bertz CT molecular complexity index is 1210. The molecule has 0 aliphatic heterocycles. The zero-order chi connectivity index (χ0) is 24.2. The maximum absolute atomic E-state index is 13.4. The van der Waals surface area contributed by atoms with Gasteiger partial charge in [-0.3, -0.25) is 9.59 Å². The van der Waals surface area contributed by atoms with E-state index in [0.29, 0.717) is 5.69 Å². The number of para-hydroxylation sites is 2. The molecule has 0 unspecified atom stereocenters. The van der Waals surface area contributed by atoms with Gasteiger partial charge in [-0.15, -0.1) is 0 Å². The van der Waals surface area contributed by atoms with Gasteiger partial charge in [0, 0.05) is 12.2 Å². The van der Waals surface area contributed by atoms with Gasteiger partial charge in [0.15, 0.2) is 6.61 Å². The number of nitriles is 1. The highest BCUT2D eigenvalue weighted by Gasteiger charge is 2.38. The van der Waals surface area contributed by atoms with Crippen LogP contribution in [0.1, 0.15) is 23.4 Å². The third-order valence-electron chi connectivity index (χ3n) is 4.82. The number of aryl methyl sites for hydroxylation is 2. The number of rotatable bonds is 7. The minimum Gasteiger partial charge on any atom is -0.454 e. The Hall–Kier alpha value is -3.87. The lowest BCUT2D eigenvalue weighted by Crippen LogP contribution is -2.36. The first-order valence-electron chi connectivity index (χ1n) is 10.0. The van der Waals surface area contributed by atoms with Gasteiger partial charge < -0.3 is 14.2 Å². The van der Waals surface area contributed by atoms with Crippen LogP contribution in [0.2, 0.25) is 0 Å². The van der Waals surface area contributed by atoms with Crippen molar-refractivity contribution >= 4 is 28.6 Å². The Morgan fingerprint density at radius 2 is 1.82 bits per heavy atom. The van der Waals surface area contributed by atoms with Gasteiger partial charge in [0.05, 0.1) is 23.5 Å². The number of halogens is 3. The topological polar surface area (TPSA) is 88.2 Å². The molecule has 0 aliphatic carbocycles. The van der Waals surface area contributed by atoms with E-state index in [1.807, 2.05) is 26.0 Å². The molecule has 1 heterocycles. The average molecular weight is 458 g/mol. The highest BCUT2D eigenvalue weighted by molar-refractivity contribution is 5.95. The molecule has 10 heteroatoms. The predicted molar refractivity (Wildman–Crippen MR) is 114 cm³/mol. The van der Waals surface area contributed by atoms with Gasteiger partial charge in [0.2, 0.25) is 5.82 Å². The number of benzene rings is 2. The molecule has 7 nitrogen and oxygen atoms in total. The molecule has 2 aromatic carbocycles. The number of carbonyl (C=O) groups excluding carboxylic acids is 2. The van der Waals surface area contributed by atoms with E-state index in [-0.39, 0.29) is 24.0 Å². The van der Waals surface area contributed by atoms with Gasteiger partial charge in [0.1, 0.15) is 6.54 Å². The second-order valence-corrected chi connectivity index (χ2v) is 7.47. The van der Waals surface area contributed by atoms with Crippen LogP contribution >= 0.6 is 0 Å². The lowest BCUT2D eigenvalue weighted by Gasteiger charge is -2.22. The number of carbonyl (C=O) groups is 2. The Morgan fingerprint density at radius 1 is 1.15 bits per heavy atom. The maximum Gasteiger partial charge on any atom is 0.449 e. The number of esters is 1. The van der Waals surface area contributed by atoms with Crippen LogP contribution in [0.3, 0.4) is 0 Å². The average Bonchev–Trinajstić information content (AvgIpc) is 3.11. The fraction of sp³-hybridized carbons (Fsp3) is 0.304. The quantitative estimate of drug-likeness (QED) is 0.496. The van der Waals surface area contributed by atoms with E-state index in [1.54, 1.807) is 18.2 Å². The highest BCUT2D eigenvalue weighted by Crippen LogP contribution is 2.31. The van der Waals surface area contributed by atoms with E-state index >= 15 is 0 Å². The monoisotopic (exact) mass is 458 g/mol. The molecule has 0 N–H and O–H groups in total. The van der Waals surface area contributed by atoms with Crippen LogP contribution in [0.5, 0.6) is 0 Å². The summed E-state index contributed by atoms with van der Waals surface area (Å²) >= 11 is 0. The number of hydrogen-bond acceptors (Lipinski definition) is 5. The zero-order valence-corrected chi connectivity index (χ0v) is 18.0. The normalized spacial score (nSPS) is 11.3. The van der Waals surface area contributed by atoms with Gasteiger partial charge in [-0.1, -0.05) is 18.2 Å². The number of hydrogen-bond donors (Lipinski definition) is 0. The van der Waals surface area contributed by atoms with Crippen LogP contribution in [0.4, 0.5) is 18.9 Å². The first-order valence-corrected chi connectivity index (χ1v) is 10.0. The predicted octanol–water partition coefficient (Wildman–Crippen LogP) is 4.16. The molecule has 0 atom stereocenters. The Kier molecular flexibility index (Phi) is 7.01. The molecular weight excluding hydrogens is 437 g/mol. The van der Waals surface area contributed by atoms with Gasteiger partial charge >= 0.3 is 12.1 Å². The van der Waals surface area contributed by atoms with Crippen LogP contribution in [-0.4, -0.2) is 34.6 Å². The standard InChI is InChI=1S/C23H21F3N4O3/c1-15-10-16(2)12-17(11-15)29(9-5-8-27)20(31)14-33-21(32)13-30-19-7-4-3-6-18(19)28-22(30)23(24,25)26/h3-4,6-7,10-12H,5,9,13-14H2,1-2H3. The smallest absolute Gasteiger partial charge is 0.449 e. The summed E-state index contributed by atoms with van der Waals surface area (Å²) in [5.41, 5.74) is 2.57. The highest BCUT2D eigenvalue weighted by atomic mass is 19.4. The van der Waals surface area contributed by atoms with Gasteiger partial charge in [-0.05, 0) is 49.2 Å². The molecule has 0 bridgehead atoms. The number of ether oxygens (including phenoxy) is 1. The Labute approximate surface area is 188 Å². The van der Waals surface area contributed by atoms with Crippen molar-refractivity contribution in [1.82, 2.24) is 9.55 Å². The number of aromatic nitrogens is 2. The first-order chi connectivity index (χ1) is 15.6. The summed E-state index contributed by atoms with van der Waals surface area (Å²) in [6, 6.07) is 13.3. The summed E-state index contributed by atoms with van der Waals surface area (Å²) in [7, 11) is 0. The van der Waals surface area contributed by atoms with Crippen molar-refractivity contribution in [2.45, 2.75) is 33.0 Å². The number of alkyl halides is 3. The fourth-order valence-electron chi connectivity index (χ4n) is 3.51. The summed E-state index contributed by atoms with van der Waals surface area (Å²) in [4.78, 5) is 30.0. The summed E-state index contributed by atoms with van der Waals surface area (Å²) in [5, 5.41) is 8.92. The molecule has 172 valence electrons. The number of anilines is 1. The van der Waals surface area contributed by atoms with Gasteiger partial charge in [-0.25, -0.2) is 4.98 Å². The molecule has 0 saturated heterocycles. The molecule has 0 fully saturated rings.